The first kappa shape index (κ1) is 36.2. The summed E-state index contributed by atoms with van der Waals surface area (Å²) in [6.07, 6.45) is 5.18. The van der Waals surface area contributed by atoms with Gasteiger partial charge in [0, 0.05) is 40.5 Å². The molecule has 2 aromatic rings. The molecular formula is C38H42F5NO6S. The van der Waals surface area contributed by atoms with Crippen LogP contribution in [-0.2, 0) is 16.6 Å². The second-order valence-electron chi connectivity index (χ2n) is 16.0. The molecule has 7 nitrogen and oxygen atoms in total. The van der Waals surface area contributed by atoms with E-state index in [1.54, 1.807) is 0 Å². The first-order chi connectivity index (χ1) is 23.7. The van der Waals surface area contributed by atoms with E-state index in [4.69, 9.17) is 0 Å². The summed E-state index contributed by atoms with van der Waals surface area (Å²) in [6, 6.07) is 8.00. The number of Topliss-reactive ketones (excluding diaryl/α,β-unsaturated/α-hetero) is 1. The van der Waals surface area contributed by atoms with Gasteiger partial charge < -0.3 is 14.9 Å². The molecule has 51 heavy (non-hydrogen) atoms. The van der Waals surface area contributed by atoms with Crippen molar-refractivity contribution in [2.45, 2.75) is 83.4 Å². The highest BCUT2D eigenvalue weighted by Gasteiger charge is 2.74. The van der Waals surface area contributed by atoms with Gasteiger partial charge in [-0.05, 0) is 98.1 Å². The van der Waals surface area contributed by atoms with Crippen molar-refractivity contribution in [1.82, 2.24) is 4.31 Å². The molecule has 276 valence electrons. The lowest BCUT2D eigenvalue weighted by molar-refractivity contribution is -0.274. The lowest BCUT2D eigenvalue weighted by Gasteiger charge is -2.71. The number of hydrogen-bond donors (Lipinski definition) is 2. The molecule has 0 aliphatic heterocycles. The topological polar surface area (TPSA) is 104 Å². The smallest absolute Gasteiger partial charge is 0.406 e. The highest BCUT2D eigenvalue weighted by atomic mass is 32.2. The molecule has 8 rings (SSSR count). The fourth-order valence-electron chi connectivity index (χ4n) is 11.0. The van der Waals surface area contributed by atoms with Gasteiger partial charge in [0.15, 0.2) is 17.4 Å². The van der Waals surface area contributed by atoms with Crippen LogP contribution in [0.4, 0.5) is 22.0 Å². The molecule has 2 bridgehead atoms. The van der Waals surface area contributed by atoms with E-state index < -0.39 is 67.5 Å². The van der Waals surface area contributed by atoms with E-state index in [0.29, 0.717) is 49.7 Å². The van der Waals surface area contributed by atoms with Crippen molar-refractivity contribution in [1.29, 1.82) is 0 Å². The first-order valence-electron chi connectivity index (χ1n) is 17.3. The Morgan fingerprint density at radius 2 is 1.59 bits per heavy atom. The summed E-state index contributed by atoms with van der Waals surface area (Å²) in [6.45, 7) is 3.66. The normalized spacial score (nSPS) is 37.1. The van der Waals surface area contributed by atoms with Crippen molar-refractivity contribution in [3.05, 3.63) is 89.0 Å². The number of aliphatic hydroxyl groups is 2. The third kappa shape index (κ3) is 5.51. The molecule has 0 heterocycles. The maximum atomic E-state index is 14.6. The molecule has 2 N–H and O–H groups in total. The number of ether oxygens (including phenoxy) is 1. The van der Waals surface area contributed by atoms with Crippen LogP contribution in [0.25, 0.3) is 0 Å². The number of alkyl halides is 3. The van der Waals surface area contributed by atoms with Crippen LogP contribution in [0.15, 0.2) is 66.3 Å². The second kappa shape index (κ2) is 11.7. The lowest BCUT2D eigenvalue weighted by atomic mass is 9.32. The van der Waals surface area contributed by atoms with Gasteiger partial charge in [-0.1, -0.05) is 44.2 Å². The molecule has 2 aromatic carbocycles. The Morgan fingerprint density at radius 1 is 0.941 bits per heavy atom. The number of nitrogens with zero attached hydrogens (tertiary/aromatic N) is 1. The van der Waals surface area contributed by atoms with Crippen LogP contribution in [-0.4, -0.2) is 59.6 Å². The summed E-state index contributed by atoms with van der Waals surface area (Å²) in [5.41, 5.74) is -3.53. The van der Waals surface area contributed by atoms with Crippen LogP contribution in [0.1, 0.15) is 74.7 Å². The summed E-state index contributed by atoms with van der Waals surface area (Å²) in [5, 5.41) is 23.6. The molecule has 0 amide bonds. The van der Waals surface area contributed by atoms with Crippen LogP contribution in [0.2, 0.25) is 0 Å². The summed E-state index contributed by atoms with van der Waals surface area (Å²) in [5.74, 6) is -3.53. The molecule has 6 aliphatic carbocycles. The van der Waals surface area contributed by atoms with Gasteiger partial charge in [-0.15, -0.1) is 13.2 Å². The maximum Gasteiger partial charge on any atom is 0.573 e. The van der Waals surface area contributed by atoms with Crippen molar-refractivity contribution in [2.24, 2.45) is 33.5 Å². The molecule has 2 spiro atoms. The minimum Gasteiger partial charge on any atom is -0.406 e. The summed E-state index contributed by atoms with van der Waals surface area (Å²) in [7, 11) is -3.94. The number of allylic oxidation sites excluding steroid dienone is 4. The van der Waals surface area contributed by atoms with Crippen molar-refractivity contribution < 1.29 is 50.1 Å². The third-order valence-corrected chi connectivity index (χ3v) is 14.8. The highest BCUT2D eigenvalue weighted by molar-refractivity contribution is 7.88. The van der Waals surface area contributed by atoms with E-state index >= 15 is 0 Å². The van der Waals surface area contributed by atoms with Crippen molar-refractivity contribution in [2.75, 3.05) is 12.8 Å². The Kier molecular flexibility index (Phi) is 8.30. The Labute approximate surface area is 294 Å². The quantitative estimate of drug-likeness (QED) is 0.170. The molecule has 0 saturated heterocycles. The van der Waals surface area contributed by atoms with Gasteiger partial charge in [0.1, 0.15) is 5.75 Å². The van der Waals surface area contributed by atoms with Crippen LogP contribution in [0.3, 0.4) is 0 Å². The molecule has 3 fully saturated rings. The number of ketones is 1. The first-order valence-corrected chi connectivity index (χ1v) is 19.2. The fourth-order valence-corrected chi connectivity index (χ4v) is 11.8. The average molecular weight is 736 g/mol. The molecule has 8 atom stereocenters. The zero-order valence-electron chi connectivity index (χ0n) is 28.6. The van der Waals surface area contributed by atoms with Crippen molar-refractivity contribution in [3.63, 3.8) is 0 Å². The van der Waals surface area contributed by atoms with Crippen LogP contribution in [0, 0.1) is 45.1 Å². The number of carbonyl (C=O) groups is 1. The fraction of sp³-hybridized carbons (Fsp3) is 0.553. The Bertz CT molecular complexity index is 1930. The number of aliphatic hydroxyl groups excluding tert-OH is 1. The molecule has 0 radical (unpaired) electrons. The van der Waals surface area contributed by atoms with Gasteiger partial charge in [0.2, 0.25) is 10.0 Å². The largest absolute Gasteiger partial charge is 0.573 e. The Balaban J connectivity index is 1.27. The van der Waals surface area contributed by atoms with Crippen LogP contribution >= 0.6 is 0 Å². The highest BCUT2D eigenvalue weighted by Crippen LogP contribution is 2.78. The minimum absolute atomic E-state index is 0.000810. The summed E-state index contributed by atoms with van der Waals surface area (Å²) in [4.78, 5) is 14.6. The van der Waals surface area contributed by atoms with Crippen LogP contribution < -0.4 is 4.74 Å². The zero-order chi connectivity index (χ0) is 37.0. The van der Waals surface area contributed by atoms with Crippen molar-refractivity contribution >= 4 is 15.8 Å². The number of carbonyl (C=O) groups excluding carboxylic acids is 1. The number of hydrogen-bond acceptors (Lipinski definition) is 6. The van der Waals surface area contributed by atoms with E-state index in [0.717, 1.165) is 34.8 Å². The second-order valence-corrected chi connectivity index (χ2v) is 18.0. The van der Waals surface area contributed by atoms with Gasteiger partial charge in [-0.3, -0.25) is 4.79 Å². The monoisotopic (exact) mass is 735 g/mol. The SMILES string of the molecule is C[C@]12CC[C@H]3[C@]4(C=C[C@@]5(C=C4C(=O)c4ccc(F)c(F)c4)CC(O)CC[C@]35C)[C@@H]1CC[C@@]2(O)CN(Cc1ccc(OC(F)(F)F)cc1)S(C)(=O)=O. The molecule has 13 heteroatoms. The van der Waals surface area contributed by atoms with E-state index in [-0.39, 0.29) is 42.3 Å². The van der Waals surface area contributed by atoms with E-state index in [9.17, 15) is 45.4 Å². The van der Waals surface area contributed by atoms with Gasteiger partial charge in [0.25, 0.3) is 0 Å². The summed E-state index contributed by atoms with van der Waals surface area (Å²) < 4.78 is 98.1. The van der Waals surface area contributed by atoms with Gasteiger partial charge in [-0.2, -0.15) is 4.31 Å². The average Bonchev–Trinajstić information content (AvgIpc) is 3.31. The third-order valence-electron chi connectivity index (χ3n) is 13.6. The predicted molar refractivity (Wildman–Crippen MR) is 178 cm³/mol. The number of benzene rings is 2. The number of rotatable bonds is 8. The standard InChI is InChI=1S/C38H42F5NO6S/c1-33-13-10-25(45)19-35(33)16-17-37(27(20-35)32(46)24-6-9-28(39)29(40)18-24)30(33)11-14-34(2)31(37)12-15-36(34,47)22-44(51(3,48)49)21-23-4-7-26(8-5-23)50-38(41,42)43/h4-9,16-18,20,25,30-31,45,47H,10-15,19,21-22H2,1-3H3/t25?,30-,31-,33-,34+,35+,36-,37-/m1/s1. The van der Waals surface area contributed by atoms with Crippen molar-refractivity contribution in [3.8, 4) is 5.75 Å². The number of fused-ring (bicyclic) bond motifs is 1. The Hall–Kier alpha value is -3.13. The Morgan fingerprint density at radius 3 is 2.24 bits per heavy atom. The molecule has 1 unspecified atom stereocenters. The number of sulfonamides is 1. The minimum atomic E-state index is -4.88. The summed E-state index contributed by atoms with van der Waals surface area (Å²) >= 11 is 0. The van der Waals surface area contributed by atoms with Crippen LogP contribution in [0.5, 0.6) is 5.75 Å². The molecule has 6 aliphatic rings. The lowest BCUT2D eigenvalue weighted by Crippen LogP contribution is -2.67. The molecule has 3 saturated carbocycles. The molecule has 0 aromatic heterocycles. The van der Waals surface area contributed by atoms with E-state index in [2.05, 4.69) is 23.8 Å². The van der Waals surface area contributed by atoms with Gasteiger partial charge >= 0.3 is 6.36 Å². The predicted octanol–water partition coefficient (Wildman–Crippen LogP) is 7.10. The molecular weight excluding hydrogens is 693 g/mol. The number of halogens is 5. The van der Waals surface area contributed by atoms with Gasteiger partial charge in [-0.25, -0.2) is 17.2 Å². The maximum absolute atomic E-state index is 14.6. The zero-order valence-corrected chi connectivity index (χ0v) is 29.5. The van der Waals surface area contributed by atoms with E-state index in [1.807, 2.05) is 13.0 Å². The van der Waals surface area contributed by atoms with E-state index in [1.165, 1.54) is 18.2 Å². The van der Waals surface area contributed by atoms with Gasteiger partial charge in [0.05, 0.1) is 18.0 Å².